The topological polar surface area (TPSA) is 59.8 Å². The molecule has 1 aromatic heterocycles. The molecule has 0 amide bonds. The molecule has 0 N–H and O–H groups in total. The second-order valence-corrected chi connectivity index (χ2v) is 6.61. The van der Waals surface area contributed by atoms with Crippen molar-refractivity contribution in [3.8, 4) is 0 Å². The van der Waals surface area contributed by atoms with Gasteiger partial charge in [0.05, 0.1) is 5.56 Å². The number of halogens is 1. The summed E-state index contributed by atoms with van der Waals surface area (Å²) in [6, 6.07) is 11.8. The minimum atomic E-state index is -0.499. The van der Waals surface area contributed by atoms with E-state index in [-0.39, 0.29) is 6.61 Å². The lowest BCUT2D eigenvalue weighted by molar-refractivity contribution is 0.0474. The molecule has 6 heteroatoms. The molecular formula is C20H18ClNO4. The average molecular weight is 372 g/mol. The zero-order chi connectivity index (χ0) is 18.8. The maximum absolute atomic E-state index is 12.3. The first-order valence-corrected chi connectivity index (χ1v) is 8.40. The molecular weight excluding hydrogens is 354 g/mol. The number of carbonyl (C=O) groups is 1. The Morgan fingerprint density at radius 2 is 1.85 bits per heavy atom. The third-order valence-electron chi connectivity index (χ3n) is 4.09. The summed E-state index contributed by atoms with van der Waals surface area (Å²) in [7, 11) is 3.85. The average Bonchev–Trinajstić information content (AvgIpc) is 2.61. The summed E-state index contributed by atoms with van der Waals surface area (Å²) in [5, 5.41) is 1.20. The van der Waals surface area contributed by atoms with Gasteiger partial charge in [0.15, 0.2) is 0 Å². The van der Waals surface area contributed by atoms with Crippen LogP contribution in [0.2, 0.25) is 5.02 Å². The number of hydrogen-bond donors (Lipinski definition) is 0. The smallest absolute Gasteiger partial charge is 0.338 e. The summed E-state index contributed by atoms with van der Waals surface area (Å²) in [6.07, 6.45) is 0. The first kappa shape index (κ1) is 18.0. The molecule has 0 aliphatic heterocycles. The second-order valence-electron chi connectivity index (χ2n) is 6.21. The van der Waals surface area contributed by atoms with Crippen molar-refractivity contribution in [3.05, 3.63) is 74.6 Å². The van der Waals surface area contributed by atoms with Gasteiger partial charge in [-0.25, -0.2) is 9.59 Å². The Balaban J connectivity index is 1.84. The van der Waals surface area contributed by atoms with Crippen LogP contribution in [0.4, 0.5) is 5.69 Å². The van der Waals surface area contributed by atoms with Crippen LogP contribution in [0.1, 0.15) is 21.5 Å². The maximum atomic E-state index is 12.3. The minimum absolute atomic E-state index is 0.0459. The van der Waals surface area contributed by atoms with E-state index in [0.29, 0.717) is 27.1 Å². The lowest BCUT2D eigenvalue weighted by Crippen LogP contribution is -2.10. The molecule has 26 heavy (non-hydrogen) atoms. The van der Waals surface area contributed by atoms with Crippen LogP contribution >= 0.6 is 11.6 Å². The van der Waals surface area contributed by atoms with E-state index in [0.717, 1.165) is 11.3 Å². The molecule has 5 nitrogen and oxygen atoms in total. The summed E-state index contributed by atoms with van der Waals surface area (Å²) in [5.74, 6) is -0.463. The summed E-state index contributed by atoms with van der Waals surface area (Å²) in [4.78, 5) is 26.0. The molecule has 0 saturated carbocycles. The van der Waals surface area contributed by atoms with Gasteiger partial charge < -0.3 is 14.1 Å². The Morgan fingerprint density at radius 1 is 1.15 bits per heavy atom. The lowest BCUT2D eigenvalue weighted by Gasteiger charge is -2.12. The van der Waals surface area contributed by atoms with Crippen LogP contribution < -0.4 is 10.5 Å². The summed E-state index contributed by atoms with van der Waals surface area (Å²) in [6.45, 7) is 1.78. The molecule has 0 bridgehead atoms. The van der Waals surface area contributed by atoms with E-state index in [2.05, 4.69) is 0 Å². The fourth-order valence-corrected chi connectivity index (χ4v) is 2.75. The summed E-state index contributed by atoms with van der Waals surface area (Å²) >= 11 is 6.17. The lowest BCUT2D eigenvalue weighted by atomic mass is 10.1. The van der Waals surface area contributed by atoms with E-state index in [1.54, 1.807) is 24.3 Å². The van der Waals surface area contributed by atoms with Gasteiger partial charge in [-0.1, -0.05) is 11.6 Å². The SMILES string of the molecule is Cc1cc2oc(=O)cc(COC(=O)c3ccc(N(C)C)cc3)c2cc1Cl. The van der Waals surface area contributed by atoms with Gasteiger partial charge in [-0.05, 0) is 48.9 Å². The van der Waals surface area contributed by atoms with Crippen molar-refractivity contribution >= 4 is 34.2 Å². The van der Waals surface area contributed by atoms with Crippen LogP contribution in [-0.4, -0.2) is 20.1 Å². The van der Waals surface area contributed by atoms with Crippen LogP contribution in [-0.2, 0) is 11.3 Å². The summed E-state index contributed by atoms with van der Waals surface area (Å²) < 4.78 is 10.6. The predicted octanol–water partition coefficient (Wildman–Crippen LogP) is 4.18. The molecule has 0 aliphatic rings. The minimum Gasteiger partial charge on any atom is -0.457 e. The maximum Gasteiger partial charge on any atom is 0.338 e. The number of anilines is 1. The van der Waals surface area contributed by atoms with Crippen LogP contribution in [0.5, 0.6) is 0 Å². The normalized spacial score (nSPS) is 10.8. The second kappa shape index (κ2) is 7.22. The molecule has 0 unspecified atom stereocenters. The molecule has 0 saturated heterocycles. The number of ether oxygens (including phenoxy) is 1. The molecule has 0 aliphatic carbocycles. The molecule has 134 valence electrons. The van der Waals surface area contributed by atoms with Gasteiger partial charge in [0.25, 0.3) is 0 Å². The molecule has 3 aromatic rings. The van der Waals surface area contributed by atoms with Gasteiger partial charge in [-0.2, -0.15) is 0 Å². The van der Waals surface area contributed by atoms with Crippen molar-refractivity contribution in [1.29, 1.82) is 0 Å². The molecule has 3 rings (SSSR count). The van der Waals surface area contributed by atoms with E-state index < -0.39 is 11.6 Å². The zero-order valence-corrected chi connectivity index (χ0v) is 15.5. The third-order valence-corrected chi connectivity index (χ3v) is 4.49. The fourth-order valence-electron chi connectivity index (χ4n) is 2.59. The highest BCUT2D eigenvalue weighted by molar-refractivity contribution is 6.32. The van der Waals surface area contributed by atoms with E-state index >= 15 is 0 Å². The Hall–Kier alpha value is -2.79. The Morgan fingerprint density at radius 3 is 2.50 bits per heavy atom. The van der Waals surface area contributed by atoms with Crippen molar-refractivity contribution in [2.75, 3.05) is 19.0 Å². The van der Waals surface area contributed by atoms with Gasteiger partial charge in [0.2, 0.25) is 0 Å². The van der Waals surface area contributed by atoms with Gasteiger partial charge in [-0.3, -0.25) is 0 Å². The molecule has 0 radical (unpaired) electrons. The van der Waals surface area contributed by atoms with Crippen LogP contribution in [0.25, 0.3) is 11.0 Å². The van der Waals surface area contributed by atoms with Crippen LogP contribution in [0, 0.1) is 6.92 Å². The van der Waals surface area contributed by atoms with E-state index in [4.69, 9.17) is 20.8 Å². The number of fused-ring (bicyclic) bond motifs is 1. The van der Waals surface area contributed by atoms with E-state index in [9.17, 15) is 9.59 Å². The highest BCUT2D eigenvalue weighted by atomic mass is 35.5. The number of carbonyl (C=O) groups excluding carboxylic acids is 1. The summed E-state index contributed by atoms with van der Waals surface area (Å²) in [5.41, 5.74) is 2.70. The number of hydrogen-bond acceptors (Lipinski definition) is 5. The molecule has 1 heterocycles. The first-order valence-electron chi connectivity index (χ1n) is 8.02. The largest absolute Gasteiger partial charge is 0.457 e. The third kappa shape index (κ3) is 3.73. The van der Waals surface area contributed by atoms with Crippen molar-refractivity contribution in [2.45, 2.75) is 13.5 Å². The molecule has 0 atom stereocenters. The van der Waals surface area contributed by atoms with Crippen LogP contribution in [0.3, 0.4) is 0 Å². The Labute approximate surface area is 155 Å². The van der Waals surface area contributed by atoms with E-state index in [1.165, 1.54) is 6.07 Å². The van der Waals surface area contributed by atoms with Gasteiger partial charge >= 0.3 is 11.6 Å². The molecule has 2 aromatic carbocycles. The Kier molecular flexibility index (Phi) is 5.00. The number of rotatable bonds is 4. The monoisotopic (exact) mass is 371 g/mol. The standard InChI is InChI=1S/C20H18ClNO4/c1-12-8-18-16(10-17(12)21)14(9-19(23)26-18)11-25-20(24)13-4-6-15(7-5-13)22(2)3/h4-10H,11H2,1-3H3. The number of esters is 1. The van der Waals surface area contributed by atoms with Gasteiger partial charge in [0, 0.05) is 41.8 Å². The highest BCUT2D eigenvalue weighted by Gasteiger charge is 2.12. The number of aryl methyl sites for hydroxylation is 1. The van der Waals surface area contributed by atoms with Crippen molar-refractivity contribution < 1.29 is 13.9 Å². The van der Waals surface area contributed by atoms with Gasteiger partial charge in [0.1, 0.15) is 12.2 Å². The molecule has 0 fully saturated rings. The van der Waals surface area contributed by atoms with Crippen molar-refractivity contribution in [3.63, 3.8) is 0 Å². The first-order chi connectivity index (χ1) is 12.3. The highest BCUT2D eigenvalue weighted by Crippen LogP contribution is 2.25. The molecule has 0 spiro atoms. The number of benzene rings is 2. The Bertz CT molecular complexity index is 1020. The zero-order valence-electron chi connectivity index (χ0n) is 14.7. The van der Waals surface area contributed by atoms with E-state index in [1.807, 2.05) is 38.1 Å². The van der Waals surface area contributed by atoms with Crippen LogP contribution in [0.15, 0.2) is 51.7 Å². The van der Waals surface area contributed by atoms with Crippen molar-refractivity contribution in [2.24, 2.45) is 0 Å². The van der Waals surface area contributed by atoms with Crippen molar-refractivity contribution in [1.82, 2.24) is 0 Å². The fraction of sp³-hybridized carbons (Fsp3) is 0.200. The quantitative estimate of drug-likeness (QED) is 0.508. The van der Waals surface area contributed by atoms with Gasteiger partial charge in [-0.15, -0.1) is 0 Å². The predicted molar refractivity (Wildman–Crippen MR) is 102 cm³/mol. The number of nitrogens with zero attached hydrogens (tertiary/aromatic N) is 1.